The number of rotatable bonds is 5. The minimum atomic E-state index is -8.00. The maximum Gasteiger partial charge on any atom is 0.460 e. The van der Waals surface area contributed by atoms with Crippen LogP contribution in [0.1, 0.15) is 19.8 Å². The lowest BCUT2D eigenvalue weighted by molar-refractivity contribution is -0.436. The molecule has 2 nitrogen and oxygen atoms in total. The summed E-state index contributed by atoms with van der Waals surface area (Å²) in [6, 6.07) is 0. The van der Waals surface area contributed by atoms with E-state index in [0.717, 1.165) is 0 Å². The number of amides is 1. The molecule has 1 fully saturated rings. The molecule has 0 atom stereocenters. The third-order valence-electron chi connectivity index (χ3n) is 4.27. The van der Waals surface area contributed by atoms with Gasteiger partial charge in [0.15, 0.2) is 0 Å². The van der Waals surface area contributed by atoms with Crippen molar-refractivity contribution in [1.82, 2.24) is 4.90 Å². The molecule has 0 aliphatic carbocycles. The predicted molar refractivity (Wildman–Crippen MR) is 65.8 cm³/mol. The molecule has 1 aliphatic heterocycles. The zero-order valence-corrected chi connectivity index (χ0v) is 13.7. The number of hydrogen-bond acceptors (Lipinski definition) is 1. The monoisotopic (exact) mass is 445 g/mol. The second kappa shape index (κ2) is 6.82. The summed E-state index contributed by atoms with van der Waals surface area (Å²) in [4.78, 5) is 11.4. The van der Waals surface area contributed by atoms with Crippen LogP contribution in [0.3, 0.4) is 0 Å². The Labute approximate surface area is 148 Å². The van der Waals surface area contributed by atoms with Gasteiger partial charge in [0.2, 0.25) is 0 Å². The highest BCUT2D eigenvalue weighted by Gasteiger charge is 2.91. The molecule has 0 saturated carbocycles. The third kappa shape index (κ3) is 3.37. The highest BCUT2D eigenvalue weighted by Crippen LogP contribution is 2.60. The molecule has 1 amide bonds. The van der Waals surface area contributed by atoms with E-state index in [0.29, 0.717) is 0 Å². The first-order valence-corrected chi connectivity index (χ1v) is 7.41. The first-order chi connectivity index (χ1) is 12.2. The highest BCUT2D eigenvalue weighted by molar-refractivity contribution is 5.85. The first kappa shape index (κ1) is 24.6. The third-order valence-corrected chi connectivity index (χ3v) is 4.27. The summed E-state index contributed by atoms with van der Waals surface area (Å²) in [7, 11) is 0. The molecule has 28 heavy (non-hydrogen) atoms. The number of likely N-dealkylation sites (tertiary alicyclic amines) is 1. The normalized spacial score (nSPS) is 19.1. The molecule has 1 heterocycles. The van der Waals surface area contributed by atoms with E-state index in [9.17, 15) is 61.9 Å². The van der Waals surface area contributed by atoms with Crippen molar-refractivity contribution in [3.8, 4) is 0 Å². The lowest BCUT2D eigenvalue weighted by Crippen LogP contribution is -2.72. The predicted octanol–water partition coefficient (Wildman–Crippen LogP) is 4.98. The van der Waals surface area contributed by atoms with Crippen LogP contribution in [0, 0.1) is 5.92 Å². The van der Waals surface area contributed by atoms with E-state index in [2.05, 4.69) is 0 Å². The van der Waals surface area contributed by atoms with Gasteiger partial charge in [-0.15, -0.1) is 0 Å². The van der Waals surface area contributed by atoms with E-state index in [1.54, 1.807) is 6.92 Å². The van der Waals surface area contributed by atoms with Gasteiger partial charge in [-0.05, 0) is 18.8 Å². The Bertz CT molecular complexity index is 590. The molecule has 0 bridgehead atoms. The Hall–Kier alpha value is -1.44. The van der Waals surface area contributed by atoms with Gasteiger partial charge in [-0.3, -0.25) is 4.79 Å². The number of hydrogen-bond donors (Lipinski definition) is 0. The summed E-state index contributed by atoms with van der Waals surface area (Å²) in [5.74, 6) is -41.3. The van der Waals surface area contributed by atoms with E-state index in [4.69, 9.17) is 0 Å². The van der Waals surface area contributed by atoms with E-state index in [1.807, 2.05) is 0 Å². The Morgan fingerprint density at radius 2 is 1.04 bits per heavy atom. The van der Waals surface area contributed by atoms with Gasteiger partial charge < -0.3 is 4.90 Å². The van der Waals surface area contributed by atoms with Crippen molar-refractivity contribution in [2.75, 3.05) is 13.1 Å². The molecule has 0 aromatic carbocycles. The van der Waals surface area contributed by atoms with Gasteiger partial charge in [0.05, 0.1) is 0 Å². The molecule has 1 saturated heterocycles. The summed E-state index contributed by atoms with van der Waals surface area (Å²) < 4.78 is 169. The smallest absolute Gasteiger partial charge is 0.337 e. The van der Waals surface area contributed by atoms with Crippen LogP contribution in [-0.2, 0) is 4.79 Å². The average Bonchev–Trinajstić information content (AvgIpc) is 2.53. The molecule has 0 N–H and O–H groups in total. The van der Waals surface area contributed by atoms with E-state index in [-0.39, 0.29) is 23.7 Å². The Balaban J connectivity index is 3.35. The summed E-state index contributed by atoms with van der Waals surface area (Å²) in [6.45, 7) is 0.237. The quantitative estimate of drug-likeness (QED) is 0.547. The van der Waals surface area contributed by atoms with Crippen molar-refractivity contribution in [1.29, 1.82) is 0 Å². The van der Waals surface area contributed by atoms with Gasteiger partial charge in [-0.25, -0.2) is 0 Å². The zero-order valence-electron chi connectivity index (χ0n) is 13.7. The van der Waals surface area contributed by atoms with Crippen molar-refractivity contribution >= 4 is 5.91 Å². The van der Waals surface area contributed by atoms with Gasteiger partial charge in [0.1, 0.15) is 0 Å². The Morgan fingerprint density at radius 3 is 1.39 bits per heavy atom. The van der Waals surface area contributed by atoms with Crippen molar-refractivity contribution in [2.24, 2.45) is 5.92 Å². The maximum atomic E-state index is 13.7. The van der Waals surface area contributed by atoms with Crippen LogP contribution in [0.4, 0.5) is 57.1 Å². The highest BCUT2D eigenvalue weighted by atomic mass is 19.4. The fraction of sp³-hybridized carbons (Fsp3) is 0.923. The fourth-order valence-electron chi connectivity index (χ4n) is 2.31. The van der Waals surface area contributed by atoms with Gasteiger partial charge >= 0.3 is 35.8 Å². The summed E-state index contributed by atoms with van der Waals surface area (Å²) >= 11 is 0. The lowest BCUT2D eigenvalue weighted by Gasteiger charge is -2.41. The number of carbonyl (C=O) groups excluding carboxylic acids is 1. The van der Waals surface area contributed by atoms with Crippen LogP contribution in [-0.4, -0.2) is 59.7 Å². The van der Waals surface area contributed by atoms with Crippen molar-refractivity contribution in [3.63, 3.8) is 0 Å². The van der Waals surface area contributed by atoms with E-state index >= 15 is 0 Å². The van der Waals surface area contributed by atoms with Crippen LogP contribution in [0.15, 0.2) is 0 Å². The molecule has 0 aromatic heterocycles. The van der Waals surface area contributed by atoms with Crippen LogP contribution in [0.25, 0.3) is 0 Å². The molecule has 1 rings (SSSR count). The van der Waals surface area contributed by atoms with Crippen LogP contribution in [0.5, 0.6) is 0 Å². The van der Waals surface area contributed by atoms with Crippen molar-refractivity contribution in [3.05, 3.63) is 0 Å². The maximum absolute atomic E-state index is 13.7. The summed E-state index contributed by atoms with van der Waals surface area (Å²) in [5.41, 5.74) is 0. The van der Waals surface area contributed by atoms with Crippen LogP contribution < -0.4 is 0 Å². The Kier molecular flexibility index (Phi) is 5.99. The SMILES string of the molecule is CC1CCN(C(=O)C(F)(F)C(F)(F)C(F)(F)C(F)(F)C(F)(F)C(F)(F)F)CC1. The number of halogens is 13. The average molecular weight is 445 g/mol. The molecular weight excluding hydrogens is 433 g/mol. The first-order valence-electron chi connectivity index (χ1n) is 7.41. The standard InChI is InChI=1S/C13H12F13NO/c1-6-2-4-27(5-3-6)7(28)8(14,15)9(16,17)10(18,19)11(20,21)12(22,23)13(24,25)26/h6H,2-5H2,1H3. The lowest BCUT2D eigenvalue weighted by atomic mass is 9.92. The second-order valence-corrected chi connectivity index (χ2v) is 6.34. The van der Waals surface area contributed by atoms with Crippen molar-refractivity contribution < 1.29 is 61.9 Å². The topological polar surface area (TPSA) is 20.3 Å². The number of alkyl halides is 13. The van der Waals surface area contributed by atoms with E-state index < -0.39 is 54.8 Å². The van der Waals surface area contributed by atoms with Gasteiger partial charge in [-0.2, -0.15) is 57.1 Å². The summed E-state index contributed by atoms with van der Waals surface area (Å²) in [6.07, 6.45) is -7.57. The van der Waals surface area contributed by atoms with Gasteiger partial charge in [-0.1, -0.05) is 6.92 Å². The number of piperidine rings is 1. The molecular formula is C13H12F13NO. The van der Waals surface area contributed by atoms with E-state index in [1.165, 1.54) is 0 Å². The molecule has 15 heteroatoms. The summed E-state index contributed by atoms with van der Waals surface area (Å²) in [5, 5.41) is 0. The Morgan fingerprint density at radius 1 is 0.679 bits per heavy atom. The second-order valence-electron chi connectivity index (χ2n) is 6.34. The molecule has 0 unspecified atom stereocenters. The zero-order chi connectivity index (χ0) is 22.6. The van der Waals surface area contributed by atoms with Gasteiger partial charge in [0, 0.05) is 13.1 Å². The van der Waals surface area contributed by atoms with Crippen LogP contribution in [0.2, 0.25) is 0 Å². The molecule has 1 aliphatic rings. The van der Waals surface area contributed by atoms with Crippen molar-refractivity contribution in [2.45, 2.75) is 55.6 Å². The fourth-order valence-corrected chi connectivity index (χ4v) is 2.31. The number of nitrogens with zero attached hydrogens (tertiary/aromatic N) is 1. The molecule has 0 aromatic rings. The van der Waals surface area contributed by atoms with Crippen LogP contribution >= 0.6 is 0 Å². The van der Waals surface area contributed by atoms with Gasteiger partial charge in [0.25, 0.3) is 5.91 Å². The molecule has 0 spiro atoms. The molecule has 0 radical (unpaired) electrons. The number of carbonyl (C=O) groups is 1. The largest absolute Gasteiger partial charge is 0.460 e. The minimum Gasteiger partial charge on any atom is -0.337 e. The molecule has 166 valence electrons. The minimum absolute atomic E-state index is 0.0495.